The number of ketones is 1. The van der Waals surface area contributed by atoms with Gasteiger partial charge in [-0.15, -0.1) is 0 Å². The first-order valence-electron chi connectivity index (χ1n) is 7.45. The quantitative estimate of drug-likeness (QED) is 0.814. The van der Waals surface area contributed by atoms with Crippen LogP contribution in [0.25, 0.3) is 0 Å². The molecule has 3 aliphatic rings. The van der Waals surface area contributed by atoms with Gasteiger partial charge in [0, 0.05) is 18.4 Å². The molecule has 2 heteroatoms. The van der Waals surface area contributed by atoms with Gasteiger partial charge in [-0.25, -0.2) is 0 Å². The molecule has 2 N–H and O–H groups in total. The normalized spacial score (nSPS) is 38.8. The molecule has 3 fully saturated rings. The summed E-state index contributed by atoms with van der Waals surface area (Å²) in [6.07, 6.45) is 11.6. The van der Waals surface area contributed by atoms with Crippen molar-refractivity contribution in [1.82, 2.24) is 0 Å². The highest BCUT2D eigenvalue weighted by Gasteiger charge is 2.41. The molecule has 3 saturated carbocycles. The van der Waals surface area contributed by atoms with Crippen molar-refractivity contribution < 1.29 is 4.79 Å². The van der Waals surface area contributed by atoms with Crippen molar-refractivity contribution in [2.24, 2.45) is 23.5 Å². The van der Waals surface area contributed by atoms with Gasteiger partial charge in [-0.2, -0.15) is 0 Å². The van der Waals surface area contributed by atoms with Crippen molar-refractivity contribution in [3.8, 4) is 0 Å². The van der Waals surface area contributed by atoms with E-state index in [9.17, 15) is 4.79 Å². The molecule has 3 atom stereocenters. The lowest BCUT2D eigenvalue weighted by molar-refractivity contribution is -0.121. The van der Waals surface area contributed by atoms with E-state index in [0.29, 0.717) is 18.1 Å². The van der Waals surface area contributed by atoms with Crippen LogP contribution in [0.4, 0.5) is 0 Å². The Morgan fingerprint density at radius 1 is 1.18 bits per heavy atom. The summed E-state index contributed by atoms with van der Waals surface area (Å²) < 4.78 is 0. The number of Topliss-reactive ketones (excluding diaryl/α,β-unsaturated/α-hetero) is 1. The van der Waals surface area contributed by atoms with E-state index < -0.39 is 0 Å². The average Bonchev–Trinajstić information content (AvgIpc) is 2.93. The van der Waals surface area contributed by atoms with Gasteiger partial charge in [0.1, 0.15) is 5.78 Å². The van der Waals surface area contributed by atoms with Crippen LogP contribution in [0.5, 0.6) is 0 Å². The van der Waals surface area contributed by atoms with Gasteiger partial charge >= 0.3 is 0 Å². The Bertz CT molecular complexity index is 306. The highest BCUT2D eigenvalue weighted by atomic mass is 16.1. The molecule has 3 unspecified atom stereocenters. The Morgan fingerprint density at radius 3 is 2.53 bits per heavy atom. The van der Waals surface area contributed by atoms with Gasteiger partial charge in [-0.05, 0) is 49.9 Å². The van der Waals surface area contributed by atoms with E-state index in [-0.39, 0.29) is 5.54 Å². The Labute approximate surface area is 104 Å². The lowest BCUT2D eigenvalue weighted by Gasteiger charge is -2.25. The fourth-order valence-electron chi connectivity index (χ4n) is 4.64. The largest absolute Gasteiger partial charge is 0.325 e. The number of carbonyl (C=O) groups is 1. The number of hydrogen-bond donors (Lipinski definition) is 1. The van der Waals surface area contributed by atoms with Gasteiger partial charge in [-0.1, -0.05) is 19.3 Å². The van der Waals surface area contributed by atoms with Crippen LogP contribution in [-0.4, -0.2) is 11.3 Å². The summed E-state index contributed by atoms with van der Waals surface area (Å²) in [6.45, 7) is 0. The summed E-state index contributed by atoms with van der Waals surface area (Å²) in [7, 11) is 0. The molecule has 0 aromatic rings. The zero-order valence-electron chi connectivity index (χ0n) is 10.8. The predicted molar refractivity (Wildman–Crippen MR) is 68.6 cm³/mol. The van der Waals surface area contributed by atoms with Crippen molar-refractivity contribution >= 4 is 5.78 Å². The summed E-state index contributed by atoms with van der Waals surface area (Å²) in [5.74, 6) is 3.00. The van der Waals surface area contributed by atoms with Crippen LogP contribution in [0.2, 0.25) is 0 Å². The number of fused-ring (bicyclic) bond motifs is 2. The molecular weight excluding hydrogens is 210 g/mol. The smallest absolute Gasteiger partial charge is 0.135 e. The van der Waals surface area contributed by atoms with Crippen molar-refractivity contribution in [2.75, 3.05) is 0 Å². The molecule has 0 aliphatic heterocycles. The number of hydrogen-bond acceptors (Lipinski definition) is 2. The number of nitrogens with two attached hydrogens (primary N) is 1. The van der Waals surface area contributed by atoms with Crippen molar-refractivity contribution in [2.45, 2.75) is 69.7 Å². The summed E-state index contributed by atoms with van der Waals surface area (Å²) in [4.78, 5) is 12.2. The summed E-state index contributed by atoms with van der Waals surface area (Å²) >= 11 is 0. The van der Waals surface area contributed by atoms with Crippen LogP contribution in [-0.2, 0) is 4.79 Å². The van der Waals surface area contributed by atoms with E-state index in [1.165, 1.54) is 38.5 Å². The van der Waals surface area contributed by atoms with Crippen LogP contribution in [0.3, 0.4) is 0 Å². The molecule has 3 rings (SSSR count). The lowest BCUT2D eigenvalue weighted by atomic mass is 9.82. The molecule has 0 saturated heterocycles. The Kier molecular flexibility index (Phi) is 3.02. The minimum atomic E-state index is -0.130. The molecule has 0 spiro atoms. The monoisotopic (exact) mass is 235 g/mol. The molecule has 0 heterocycles. The van der Waals surface area contributed by atoms with Crippen molar-refractivity contribution in [1.29, 1.82) is 0 Å². The molecule has 17 heavy (non-hydrogen) atoms. The molecule has 3 aliphatic carbocycles. The van der Waals surface area contributed by atoms with Crippen LogP contribution < -0.4 is 5.73 Å². The average molecular weight is 235 g/mol. The Balaban J connectivity index is 1.50. The first-order valence-corrected chi connectivity index (χ1v) is 7.45. The van der Waals surface area contributed by atoms with Crippen molar-refractivity contribution in [3.05, 3.63) is 0 Å². The SMILES string of the molecule is NC1(CC(=O)CC2CC3CCC2C3)CCCC1. The second-order valence-corrected chi connectivity index (χ2v) is 6.92. The predicted octanol–water partition coefficient (Wildman–Crippen LogP) is 3.04. The minimum Gasteiger partial charge on any atom is -0.325 e. The van der Waals surface area contributed by atoms with E-state index in [1.54, 1.807) is 0 Å². The molecule has 96 valence electrons. The second-order valence-electron chi connectivity index (χ2n) is 6.92. The number of rotatable bonds is 4. The molecule has 0 aromatic heterocycles. The third kappa shape index (κ3) is 2.42. The van der Waals surface area contributed by atoms with Gasteiger partial charge in [-0.3, -0.25) is 4.79 Å². The fraction of sp³-hybridized carbons (Fsp3) is 0.933. The Hall–Kier alpha value is -0.370. The third-order valence-electron chi connectivity index (χ3n) is 5.52. The molecule has 2 bridgehead atoms. The van der Waals surface area contributed by atoms with Crippen LogP contribution >= 0.6 is 0 Å². The highest BCUT2D eigenvalue weighted by molar-refractivity contribution is 5.80. The number of carbonyl (C=O) groups excluding carboxylic acids is 1. The van der Waals surface area contributed by atoms with Gasteiger partial charge in [0.05, 0.1) is 0 Å². The maximum Gasteiger partial charge on any atom is 0.135 e. The molecule has 2 nitrogen and oxygen atoms in total. The van der Waals surface area contributed by atoms with Crippen LogP contribution in [0, 0.1) is 17.8 Å². The summed E-state index contributed by atoms with van der Waals surface area (Å²) in [5.41, 5.74) is 6.16. The van der Waals surface area contributed by atoms with E-state index in [2.05, 4.69) is 0 Å². The Morgan fingerprint density at radius 2 is 1.94 bits per heavy atom. The van der Waals surface area contributed by atoms with Gasteiger partial charge in [0.25, 0.3) is 0 Å². The molecule has 0 aromatic carbocycles. The molecular formula is C15H25NO. The fourth-order valence-corrected chi connectivity index (χ4v) is 4.64. The zero-order valence-corrected chi connectivity index (χ0v) is 10.8. The summed E-state index contributed by atoms with van der Waals surface area (Å²) in [5, 5.41) is 0. The standard InChI is InChI=1S/C15H25NO/c16-15(5-1-2-6-15)10-14(17)9-13-8-11-3-4-12(13)7-11/h11-13H,1-10,16H2. The van der Waals surface area contributed by atoms with E-state index in [4.69, 9.17) is 5.73 Å². The van der Waals surface area contributed by atoms with Crippen LogP contribution in [0.1, 0.15) is 64.2 Å². The zero-order chi connectivity index (χ0) is 11.9. The van der Waals surface area contributed by atoms with Gasteiger partial charge in [0.2, 0.25) is 0 Å². The summed E-state index contributed by atoms with van der Waals surface area (Å²) in [6, 6.07) is 0. The molecule has 0 amide bonds. The van der Waals surface area contributed by atoms with E-state index in [1.807, 2.05) is 0 Å². The van der Waals surface area contributed by atoms with E-state index in [0.717, 1.165) is 31.1 Å². The van der Waals surface area contributed by atoms with Crippen molar-refractivity contribution in [3.63, 3.8) is 0 Å². The molecule has 0 radical (unpaired) electrons. The minimum absolute atomic E-state index is 0.130. The lowest BCUT2D eigenvalue weighted by Crippen LogP contribution is -2.39. The maximum absolute atomic E-state index is 12.2. The second kappa shape index (κ2) is 4.38. The van der Waals surface area contributed by atoms with Gasteiger partial charge < -0.3 is 5.73 Å². The van der Waals surface area contributed by atoms with Gasteiger partial charge in [0.15, 0.2) is 0 Å². The first-order chi connectivity index (χ1) is 8.15. The topological polar surface area (TPSA) is 43.1 Å². The van der Waals surface area contributed by atoms with E-state index >= 15 is 0 Å². The van der Waals surface area contributed by atoms with Crippen LogP contribution in [0.15, 0.2) is 0 Å². The highest BCUT2D eigenvalue weighted by Crippen LogP contribution is 2.49. The maximum atomic E-state index is 12.2. The first kappa shape index (κ1) is 11.7. The third-order valence-corrected chi connectivity index (χ3v) is 5.52.